The lowest BCUT2D eigenvalue weighted by Gasteiger charge is -2.08. The topological polar surface area (TPSA) is 116 Å². The minimum absolute atomic E-state index is 0.0644. The molecule has 0 saturated carbocycles. The summed E-state index contributed by atoms with van der Waals surface area (Å²) in [6.07, 6.45) is 0. The molecule has 1 N–H and O–H groups in total. The summed E-state index contributed by atoms with van der Waals surface area (Å²) in [5, 5.41) is 20.4. The van der Waals surface area contributed by atoms with Crippen LogP contribution in [0.2, 0.25) is 0 Å². The fraction of sp³-hybridized carbons (Fsp3) is 0.222. The Bertz CT molecular complexity index is 1080. The predicted octanol–water partition coefficient (Wildman–Crippen LogP) is 2.49. The third-order valence-electron chi connectivity index (χ3n) is 3.79. The first kappa shape index (κ1) is 18.9. The molecular weight excluding hydrogens is 374 g/mol. The number of non-ortho nitro benzene ring substituents is 1. The van der Waals surface area contributed by atoms with Crippen LogP contribution in [0.25, 0.3) is 20.2 Å². The first-order valence-electron chi connectivity index (χ1n) is 8.02. The SMILES string of the molecule is O=C(OCCOCCO)c1cc([N+](=O)[O-])cc2sc3ccccc3c(=O)c12. The largest absolute Gasteiger partial charge is 0.460 e. The lowest BCUT2D eigenvalue weighted by atomic mass is 10.1. The molecule has 0 radical (unpaired) electrons. The van der Waals surface area contributed by atoms with Crippen molar-refractivity contribution in [2.24, 2.45) is 0 Å². The van der Waals surface area contributed by atoms with E-state index in [1.54, 1.807) is 24.3 Å². The zero-order valence-corrected chi connectivity index (χ0v) is 14.9. The number of rotatable bonds is 7. The van der Waals surface area contributed by atoms with Gasteiger partial charge in [-0.3, -0.25) is 14.9 Å². The molecule has 0 aliphatic rings. The van der Waals surface area contributed by atoms with E-state index in [2.05, 4.69) is 0 Å². The number of aliphatic hydroxyl groups excluding tert-OH is 1. The summed E-state index contributed by atoms with van der Waals surface area (Å²) in [4.78, 5) is 36.0. The number of fused-ring (bicyclic) bond motifs is 2. The van der Waals surface area contributed by atoms with Crippen molar-refractivity contribution in [3.8, 4) is 0 Å². The Kier molecular flexibility index (Phi) is 5.75. The van der Waals surface area contributed by atoms with Crippen molar-refractivity contribution in [1.29, 1.82) is 0 Å². The Morgan fingerprint density at radius 3 is 2.67 bits per heavy atom. The second kappa shape index (κ2) is 8.21. The number of hydrogen-bond donors (Lipinski definition) is 1. The first-order chi connectivity index (χ1) is 13.0. The number of carbonyl (C=O) groups is 1. The van der Waals surface area contributed by atoms with E-state index in [0.717, 1.165) is 6.07 Å². The highest BCUT2D eigenvalue weighted by Gasteiger charge is 2.21. The Labute approximate surface area is 156 Å². The number of carbonyl (C=O) groups excluding carboxylic acids is 1. The second-order valence-electron chi connectivity index (χ2n) is 5.52. The van der Waals surface area contributed by atoms with Crippen LogP contribution < -0.4 is 5.43 Å². The van der Waals surface area contributed by atoms with Gasteiger partial charge in [0.1, 0.15) is 6.61 Å². The molecule has 3 rings (SSSR count). The van der Waals surface area contributed by atoms with Crippen molar-refractivity contribution in [3.05, 3.63) is 62.3 Å². The highest BCUT2D eigenvalue weighted by molar-refractivity contribution is 7.24. The summed E-state index contributed by atoms with van der Waals surface area (Å²) in [7, 11) is 0. The van der Waals surface area contributed by atoms with Gasteiger partial charge in [-0.15, -0.1) is 11.3 Å². The van der Waals surface area contributed by atoms with Crippen molar-refractivity contribution in [2.45, 2.75) is 0 Å². The van der Waals surface area contributed by atoms with Crippen LogP contribution in [0.1, 0.15) is 10.4 Å². The average Bonchev–Trinajstić information content (AvgIpc) is 2.66. The van der Waals surface area contributed by atoms with Gasteiger partial charge in [0, 0.05) is 26.9 Å². The molecule has 0 atom stereocenters. The van der Waals surface area contributed by atoms with Gasteiger partial charge in [-0.25, -0.2) is 4.79 Å². The lowest BCUT2D eigenvalue weighted by molar-refractivity contribution is -0.384. The zero-order chi connectivity index (χ0) is 19.4. The Morgan fingerprint density at radius 2 is 1.93 bits per heavy atom. The minimum Gasteiger partial charge on any atom is -0.460 e. The molecule has 140 valence electrons. The molecule has 0 aliphatic carbocycles. The van der Waals surface area contributed by atoms with Crippen molar-refractivity contribution in [3.63, 3.8) is 0 Å². The molecule has 27 heavy (non-hydrogen) atoms. The molecule has 0 bridgehead atoms. The number of benzene rings is 2. The van der Waals surface area contributed by atoms with E-state index >= 15 is 0 Å². The predicted molar refractivity (Wildman–Crippen MR) is 100 cm³/mol. The number of ether oxygens (including phenoxy) is 2. The van der Waals surface area contributed by atoms with E-state index in [4.69, 9.17) is 14.6 Å². The normalized spacial score (nSPS) is 11.0. The molecule has 8 nitrogen and oxygen atoms in total. The molecule has 0 unspecified atom stereocenters. The van der Waals surface area contributed by atoms with Gasteiger partial charge in [-0.05, 0) is 12.1 Å². The zero-order valence-electron chi connectivity index (χ0n) is 14.0. The van der Waals surface area contributed by atoms with E-state index in [-0.39, 0.29) is 48.5 Å². The number of hydrogen-bond acceptors (Lipinski definition) is 8. The number of aliphatic hydroxyl groups is 1. The monoisotopic (exact) mass is 389 g/mol. The number of esters is 1. The minimum atomic E-state index is -0.837. The van der Waals surface area contributed by atoms with E-state index < -0.39 is 10.9 Å². The Balaban J connectivity index is 2.09. The molecule has 1 heterocycles. The second-order valence-corrected chi connectivity index (χ2v) is 6.61. The fourth-order valence-corrected chi connectivity index (χ4v) is 3.75. The highest BCUT2D eigenvalue weighted by Crippen LogP contribution is 2.30. The van der Waals surface area contributed by atoms with Crippen LogP contribution in [-0.2, 0) is 9.47 Å². The molecule has 0 amide bonds. The van der Waals surface area contributed by atoms with Crippen molar-refractivity contribution < 1.29 is 24.3 Å². The van der Waals surface area contributed by atoms with Crippen LogP contribution in [-0.4, -0.2) is 42.4 Å². The van der Waals surface area contributed by atoms with E-state index in [0.29, 0.717) is 14.8 Å². The molecule has 1 aromatic heterocycles. The van der Waals surface area contributed by atoms with Crippen LogP contribution in [0.3, 0.4) is 0 Å². The van der Waals surface area contributed by atoms with Crippen LogP contribution in [0.4, 0.5) is 5.69 Å². The van der Waals surface area contributed by atoms with E-state index in [1.807, 2.05) is 0 Å². The maximum atomic E-state index is 12.9. The summed E-state index contributed by atoms with van der Waals surface area (Å²) in [6.45, 7) is -0.0870. The lowest BCUT2D eigenvalue weighted by Crippen LogP contribution is -2.15. The standard InChI is InChI=1S/C18H15NO7S/c20-5-6-25-7-8-26-18(22)13-9-11(19(23)24)10-15-16(13)17(21)12-3-1-2-4-14(12)27-15/h1-4,9-10,20H,5-8H2. The number of nitrogens with zero attached hydrogens (tertiary/aromatic N) is 1. The summed E-state index contributed by atoms with van der Waals surface area (Å²) in [5.74, 6) is -0.837. The number of nitro benzene ring substituents is 1. The van der Waals surface area contributed by atoms with Gasteiger partial charge in [0.25, 0.3) is 5.69 Å². The third-order valence-corrected chi connectivity index (χ3v) is 4.91. The summed E-state index contributed by atoms with van der Waals surface area (Å²) in [6, 6.07) is 9.22. The summed E-state index contributed by atoms with van der Waals surface area (Å²) in [5.41, 5.74) is -0.817. The van der Waals surface area contributed by atoms with Gasteiger partial charge in [0.15, 0.2) is 5.43 Å². The third kappa shape index (κ3) is 3.95. The van der Waals surface area contributed by atoms with Crippen molar-refractivity contribution in [2.75, 3.05) is 26.4 Å². The van der Waals surface area contributed by atoms with Gasteiger partial charge in [-0.1, -0.05) is 12.1 Å². The van der Waals surface area contributed by atoms with Crippen LogP contribution in [0, 0.1) is 10.1 Å². The van der Waals surface area contributed by atoms with Crippen LogP contribution in [0.15, 0.2) is 41.2 Å². The fourth-order valence-electron chi connectivity index (χ4n) is 2.62. The molecule has 3 aromatic rings. The maximum absolute atomic E-state index is 12.9. The Morgan fingerprint density at radius 1 is 1.15 bits per heavy atom. The molecule has 2 aromatic carbocycles. The van der Waals surface area contributed by atoms with Gasteiger partial charge >= 0.3 is 5.97 Å². The smallest absolute Gasteiger partial charge is 0.339 e. The van der Waals surface area contributed by atoms with Gasteiger partial charge < -0.3 is 14.6 Å². The summed E-state index contributed by atoms with van der Waals surface area (Å²) >= 11 is 1.20. The molecule has 9 heteroatoms. The summed E-state index contributed by atoms with van der Waals surface area (Å²) < 4.78 is 11.1. The van der Waals surface area contributed by atoms with Crippen molar-refractivity contribution >= 4 is 43.2 Å². The average molecular weight is 389 g/mol. The molecular formula is C18H15NO7S. The van der Waals surface area contributed by atoms with Crippen molar-refractivity contribution in [1.82, 2.24) is 0 Å². The quantitative estimate of drug-likeness (QED) is 0.217. The van der Waals surface area contributed by atoms with E-state index in [1.165, 1.54) is 17.4 Å². The molecule has 0 fully saturated rings. The van der Waals surface area contributed by atoms with Gasteiger partial charge in [0.2, 0.25) is 0 Å². The van der Waals surface area contributed by atoms with Crippen LogP contribution in [0.5, 0.6) is 0 Å². The van der Waals surface area contributed by atoms with Gasteiger partial charge in [-0.2, -0.15) is 0 Å². The highest BCUT2D eigenvalue weighted by atomic mass is 32.1. The molecule has 0 saturated heterocycles. The Hall–Kier alpha value is -2.88. The maximum Gasteiger partial charge on any atom is 0.339 e. The van der Waals surface area contributed by atoms with Gasteiger partial charge in [0.05, 0.1) is 35.7 Å². The van der Waals surface area contributed by atoms with E-state index in [9.17, 15) is 19.7 Å². The number of nitro groups is 1. The molecule has 0 aliphatic heterocycles. The molecule has 0 spiro atoms. The van der Waals surface area contributed by atoms with Crippen LogP contribution >= 0.6 is 11.3 Å². The first-order valence-corrected chi connectivity index (χ1v) is 8.84.